The van der Waals surface area contributed by atoms with Gasteiger partial charge in [0, 0.05) is 29.4 Å². The van der Waals surface area contributed by atoms with Gasteiger partial charge in [0.15, 0.2) is 0 Å². The van der Waals surface area contributed by atoms with Crippen molar-refractivity contribution in [2.75, 3.05) is 25.4 Å². The van der Waals surface area contributed by atoms with E-state index < -0.39 is 0 Å². The Morgan fingerprint density at radius 3 is 2.50 bits per heavy atom. The van der Waals surface area contributed by atoms with E-state index in [1.165, 1.54) is 18.4 Å². The number of nitrogens with one attached hydrogen (secondary N) is 2. The number of nitrogen functional groups attached to an aromatic ring is 1. The van der Waals surface area contributed by atoms with Crippen molar-refractivity contribution in [1.82, 2.24) is 15.6 Å². The van der Waals surface area contributed by atoms with E-state index in [4.69, 9.17) is 5.73 Å². The summed E-state index contributed by atoms with van der Waals surface area (Å²) in [4.78, 5) is 16.8. The molecule has 3 heterocycles. The van der Waals surface area contributed by atoms with Crippen molar-refractivity contribution < 1.29 is 4.79 Å². The summed E-state index contributed by atoms with van der Waals surface area (Å²) >= 11 is 0. The lowest BCUT2D eigenvalue weighted by molar-refractivity contribution is 0.0946. The molecule has 32 heavy (non-hydrogen) atoms. The van der Waals surface area contributed by atoms with Gasteiger partial charge >= 0.3 is 0 Å². The Balaban J connectivity index is 1.52. The highest BCUT2D eigenvalue weighted by atomic mass is 16.1. The summed E-state index contributed by atoms with van der Waals surface area (Å²) < 4.78 is 0. The molecule has 0 radical (unpaired) electrons. The average Bonchev–Trinajstić information content (AvgIpc) is 2.84. The zero-order chi connectivity index (χ0) is 22.1. The summed E-state index contributed by atoms with van der Waals surface area (Å²) in [7, 11) is 0. The van der Waals surface area contributed by atoms with Crippen LogP contribution in [0.5, 0.6) is 0 Å². The fourth-order valence-electron chi connectivity index (χ4n) is 4.84. The quantitative estimate of drug-likeness (QED) is 0.580. The zero-order valence-electron chi connectivity index (χ0n) is 18.2. The van der Waals surface area contributed by atoms with Gasteiger partial charge in [-0.05, 0) is 84.3 Å². The molecule has 4 N–H and O–H groups in total. The van der Waals surface area contributed by atoms with Crippen LogP contribution in [0.2, 0.25) is 0 Å². The minimum absolute atomic E-state index is 0.0328. The molecule has 1 aromatic heterocycles. The Labute approximate surface area is 188 Å². The lowest BCUT2D eigenvalue weighted by atomic mass is 9.88. The largest absolute Gasteiger partial charge is 0.383 e. The topological polar surface area (TPSA) is 80.0 Å². The molecule has 0 atom stereocenters. The molecule has 1 amide bonds. The Morgan fingerprint density at radius 2 is 1.75 bits per heavy atom. The molecule has 2 aromatic carbocycles. The van der Waals surface area contributed by atoms with Gasteiger partial charge < -0.3 is 16.4 Å². The van der Waals surface area contributed by atoms with Gasteiger partial charge in [0.2, 0.25) is 0 Å². The third kappa shape index (κ3) is 3.80. The highest BCUT2D eigenvalue weighted by molar-refractivity contribution is 5.99. The summed E-state index contributed by atoms with van der Waals surface area (Å²) in [6, 6.07) is 14.9. The first-order valence-corrected chi connectivity index (χ1v) is 11.3. The second kappa shape index (κ2) is 8.60. The van der Waals surface area contributed by atoms with Crippen LogP contribution >= 0.6 is 0 Å². The van der Waals surface area contributed by atoms with Gasteiger partial charge in [0.1, 0.15) is 5.82 Å². The standard InChI is InChI=1S/C27H28N4O/c1-2-17-13-24-21(9-12-30-27(24)32)14-23(17)25-15-22(16-31-26(25)28)19-5-3-18(4-6-19)20-7-10-29-11-8-20/h2-6,13-16,20,29H,1,7-12H2,(H2,28,31)(H,30,32). The minimum Gasteiger partial charge on any atom is -0.383 e. The first-order valence-electron chi connectivity index (χ1n) is 11.3. The average molecular weight is 425 g/mol. The van der Waals surface area contributed by atoms with E-state index in [0.717, 1.165) is 52.9 Å². The summed E-state index contributed by atoms with van der Waals surface area (Å²) in [5.74, 6) is 1.08. The summed E-state index contributed by atoms with van der Waals surface area (Å²) in [6.45, 7) is 6.78. The molecule has 162 valence electrons. The van der Waals surface area contributed by atoms with Gasteiger partial charge in [0.25, 0.3) is 5.91 Å². The van der Waals surface area contributed by atoms with Gasteiger partial charge in [0.05, 0.1) is 0 Å². The lowest BCUT2D eigenvalue weighted by Gasteiger charge is -2.23. The Bertz CT molecular complexity index is 1180. The Morgan fingerprint density at radius 1 is 0.969 bits per heavy atom. The van der Waals surface area contributed by atoms with Crippen LogP contribution in [-0.2, 0) is 6.42 Å². The number of aromatic nitrogens is 1. The highest BCUT2D eigenvalue weighted by Crippen LogP contribution is 2.35. The van der Waals surface area contributed by atoms with E-state index in [0.29, 0.717) is 23.8 Å². The van der Waals surface area contributed by atoms with E-state index in [2.05, 4.69) is 58.6 Å². The molecule has 0 unspecified atom stereocenters. The van der Waals surface area contributed by atoms with Crippen molar-refractivity contribution in [3.63, 3.8) is 0 Å². The molecule has 0 spiro atoms. The van der Waals surface area contributed by atoms with E-state index in [-0.39, 0.29) is 5.91 Å². The number of fused-ring (bicyclic) bond motifs is 1. The van der Waals surface area contributed by atoms with E-state index in [1.807, 2.05) is 12.3 Å². The summed E-state index contributed by atoms with van der Waals surface area (Å²) in [6.07, 6.45) is 6.78. The minimum atomic E-state index is -0.0328. The highest BCUT2D eigenvalue weighted by Gasteiger charge is 2.20. The SMILES string of the molecule is C=Cc1cc2c(cc1-c1cc(-c3ccc(C4CCNCC4)cc3)cnc1N)CCNC2=O. The number of nitrogens with two attached hydrogens (primary N) is 1. The monoisotopic (exact) mass is 424 g/mol. The van der Waals surface area contributed by atoms with Gasteiger partial charge in [-0.3, -0.25) is 4.79 Å². The van der Waals surface area contributed by atoms with Crippen molar-refractivity contribution in [2.45, 2.75) is 25.2 Å². The third-order valence-electron chi connectivity index (χ3n) is 6.68. The summed E-state index contributed by atoms with van der Waals surface area (Å²) in [5, 5.41) is 6.34. The van der Waals surface area contributed by atoms with Gasteiger partial charge in [-0.2, -0.15) is 0 Å². The van der Waals surface area contributed by atoms with Crippen molar-refractivity contribution in [1.29, 1.82) is 0 Å². The van der Waals surface area contributed by atoms with Crippen molar-refractivity contribution in [2.24, 2.45) is 0 Å². The number of hydrogen-bond acceptors (Lipinski definition) is 4. The maximum Gasteiger partial charge on any atom is 0.251 e. The molecule has 0 saturated carbocycles. The van der Waals surface area contributed by atoms with Crippen LogP contribution < -0.4 is 16.4 Å². The number of hydrogen-bond donors (Lipinski definition) is 3. The molecule has 5 rings (SSSR count). The maximum absolute atomic E-state index is 12.3. The smallest absolute Gasteiger partial charge is 0.251 e. The van der Waals surface area contributed by atoms with Gasteiger partial charge in [-0.25, -0.2) is 4.98 Å². The molecule has 5 nitrogen and oxygen atoms in total. The molecule has 3 aromatic rings. The van der Waals surface area contributed by atoms with Crippen molar-refractivity contribution >= 4 is 17.8 Å². The van der Waals surface area contributed by atoms with Crippen molar-refractivity contribution in [3.8, 4) is 22.3 Å². The second-order valence-corrected chi connectivity index (χ2v) is 8.61. The lowest BCUT2D eigenvalue weighted by Crippen LogP contribution is -2.31. The molecule has 1 fully saturated rings. The molecular weight excluding hydrogens is 396 g/mol. The second-order valence-electron chi connectivity index (χ2n) is 8.61. The third-order valence-corrected chi connectivity index (χ3v) is 6.68. The molecular formula is C27H28N4O. The number of nitrogens with zero attached hydrogens (tertiary/aromatic N) is 1. The number of amides is 1. The van der Waals surface area contributed by atoms with E-state index in [9.17, 15) is 4.79 Å². The van der Waals surface area contributed by atoms with E-state index in [1.54, 1.807) is 6.08 Å². The molecule has 0 bridgehead atoms. The zero-order valence-corrected chi connectivity index (χ0v) is 18.2. The van der Waals surface area contributed by atoms with Crippen LogP contribution in [-0.4, -0.2) is 30.5 Å². The maximum atomic E-state index is 12.3. The van der Waals surface area contributed by atoms with Crippen LogP contribution in [0, 0.1) is 0 Å². The normalized spacial score (nSPS) is 16.3. The molecule has 5 heteroatoms. The van der Waals surface area contributed by atoms with Gasteiger partial charge in [-0.1, -0.05) is 36.9 Å². The van der Waals surface area contributed by atoms with E-state index >= 15 is 0 Å². The first-order chi connectivity index (χ1) is 15.6. The Kier molecular flexibility index (Phi) is 5.50. The van der Waals surface area contributed by atoms with Gasteiger partial charge in [-0.15, -0.1) is 0 Å². The van der Waals surface area contributed by atoms with Crippen LogP contribution in [0.3, 0.4) is 0 Å². The number of anilines is 1. The number of rotatable bonds is 4. The summed E-state index contributed by atoms with van der Waals surface area (Å²) in [5.41, 5.74) is 14.3. The number of pyridine rings is 1. The number of carbonyl (C=O) groups excluding carboxylic acids is 1. The fourth-order valence-corrected chi connectivity index (χ4v) is 4.84. The number of carbonyl (C=O) groups is 1. The van der Waals surface area contributed by atoms with Crippen LogP contribution in [0.4, 0.5) is 5.82 Å². The Hall–Kier alpha value is -3.44. The fraction of sp³-hybridized carbons (Fsp3) is 0.259. The van der Waals surface area contributed by atoms with Crippen LogP contribution in [0.15, 0.2) is 55.2 Å². The van der Waals surface area contributed by atoms with Crippen LogP contribution in [0.1, 0.15) is 45.8 Å². The predicted molar refractivity (Wildman–Crippen MR) is 130 cm³/mol. The molecule has 2 aliphatic heterocycles. The van der Waals surface area contributed by atoms with Crippen molar-refractivity contribution in [3.05, 3.63) is 77.5 Å². The van der Waals surface area contributed by atoms with Crippen LogP contribution in [0.25, 0.3) is 28.3 Å². The molecule has 0 aliphatic carbocycles. The predicted octanol–water partition coefficient (Wildman–Crippen LogP) is 4.39. The number of piperidine rings is 1. The molecule has 2 aliphatic rings. The number of benzene rings is 2. The first kappa shape index (κ1) is 20.5. The molecule has 1 saturated heterocycles.